The fraction of sp³-hybridized carbons (Fsp3) is 0.0714. The number of pyridine rings is 1. The molecule has 0 saturated heterocycles. The van der Waals surface area contributed by atoms with E-state index in [1.54, 1.807) is 19.1 Å². The van der Waals surface area contributed by atoms with Gasteiger partial charge in [0.05, 0.1) is 5.56 Å². The Morgan fingerprint density at radius 3 is 2.55 bits per heavy atom. The zero-order chi connectivity index (χ0) is 14.7. The fourth-order valence-electron chi connectivity index (χ4n) is 1.78. The summed E-state index contributed by atoms with van der Waals surface area (Å²) in [6, 6.07) is 7.38. The summed E-state index contributed by atoms with van der Waals surface area (Å²) < 4.78 is 0. The first-order chi connectivity index (χ1) is 9.49. The predicted molar refractivity (Wildman–Crippen MR) is 73.2 cm³/mol. The lowest BCUT2D eigenvalue weighted by atomic mass is 10.1. The van der Waals surface area contributed by atoms with E-state index in [1.165, 1.54) is 24.4 Å². The Morgan fingerprint density at radius 1 is 1.20 bits per heavy atom. The number of aromatic amines is 1. The van der Waals surface area contributed by atoms with Crippen molar-refractivity contribution in [3.8, 4) is 0 Å². The Hall–Kier alpha value is -2.89. The molecule has 0 aliphatic rings. The lowest BCUT2D eigenvalue weighted by Crippen LogP contribution is -2.22. The van der Waals surface area contributed by atoms with Crippen molar-refractivity contribution >= 4 is 17.6 Å². The monoisotopic (exact) mass is 272 g/mol. The number of hydrogen-bond acceptors (Lipinski definition) is 3. The Morgan fingerprint density at radius 2 is 1.95 bits per heavy atom. The van der Waals surface area contributed by atoms with Gasteiger partial charge < -0.3 is 15.4 Å². The van der Waals surface area contributed by atoms with Gasteiger partial charge in [0.2, 0.25) is 0 Å². The highest BCUT2D eigenvalue weighted by Crippen LogP contribution is 2.15. The van der Waals surface area contributed by atoms with Gasteiger partial charge >= 0.3 is 5.97 Å². The van der Waals surface area contributed by atoms with Crippen LogP contribution in [0, 0.1) is 6.92 Å². The molecular formula is C14H12N2O4. The molecule has 6 nitrogen and oxygen atoms in total. The van der Waals surface area contributed by atoms with Gasteiger partial charge in [0.25, 0.3) is 11.5 Å². The number of rotatable bonds is 3. The van der Waals surface area contributed by atoms with Crippen LogP contribution in [0.25, 0.3) is 0 Å². The Labute approximate surface area is 114 Å². The first-order valence-electron chi connectivity index (χ1n) is 5.82. The number of aromatic nitrogens is 1. The molecule has 0 radical (unpaired) electrons. The third-order valence-corrected chi connectivity index (χ3v) is 2.78. The van der Waals surface area contributed by atoms with E-state index in [2.05, 4.69) is 10.3 Å². The number of carboxylic acid groups (broad SMARTS) is 1. The maximum absolute atomic E-state index is 11.9. The van der Waals surface area contributed by atoms with Crippen LogP contribution in [0.15, 0.2) is 41.3 Å². The Kier molecular flexibility index (Phi) is 3.65. The average molecular weight is 272 g/mol. The van der Waals surface area contributed by atoms with Crippen LogP contribution in [0.4, 0.5) is 5.69 Å². The Bertz CT molecular complexity index is 734. The van der Waals surface area contributed by atoms with Gasteiger partial charge in [0, 0.05) is 11.9 Å². The molecule has 1 aromatic carbocycles. The minimum absolute atomic E-state index is 0.00698. The number of carboxylic acids is 1. The number of H-pyrrole nitrogens is 1. The van der Waals surface area contributed by atoms with Gasteiger partial charge in [0.1, 0.15) is 5.56 Å². The summed E-state index contributed by atoms with van der Waals surface area (Å²) in [7, 11) is 0. The topological polar surface area (TPSA) is 99.3 Å². The number of aromatic carboxylic acids is 1. The van der Waals surface area contributed by atoms with Crippen molar-refractivity contribution in [1.82, 2.24) is 4.98 Å². The number of carbonyl (C=O) groups is 2. The van der Waals surface area contributed by atoms with Gasteiger partial charge in [-0.2, -0.15) is 0 Å². The van der Waals surface area contributed by atoms with Gasteiger partial charge in [-0.3, -0.25) is 9.59 Å². The first kappa shape index (κ1) is 13.5. The molecule has 0 fully saturated rings. The predicted octanol–water partition coefficient (Wildman–Crippen LogP) is 1.63. The maximum Gasteiger partial charge on any atom is 0.335 e. The van der Waals surface area contributed by atoms with E-state index in [9.17, 15) is 14.4 Å². The molecule has 1 heterocycles. The summed E-state index contributed by atoms with van der Waals surface area (Å²) in [5.41, 5.74) is 0.634. The van der Waals surface area contributed by atoms with E-state index < -0.39 is 17.4 Å². The van der Waals surface area contributed by atoms with Crippen LogP contribution in [0.5, 0.6) is 0 Å². The molecule has 6 heteroatoms. The first-order valence-corrected chi connectivity index (χ1v) is 5.82. The summed E-state index contributed by atoms with van der Waals surface area (Å²) in [5, 5.41) is 11.5. The maximum atomic E-state index is 11.9. The van der Waals surface area contributed by atoms with Gasteiger partial charge in [-0.05, 0) is 42.8 Å². The molecule has 0 aliphatic carbocycles. The second kappa shape index (κ2) is 5.40. The van der Waals surface area contributed by atoms with Gasteiger partial charge in [-0.1, -0.05) is 0 Å². The summed E-state index contributed by atoms with van der Waals surface area (Å²) in [6.45, 7) is 1.63. The van der Waals surface area contributed by atoms with Crippen molar-refractivity contribution in [3.05, 3.63) is 63.6 Å². The molecule has 0 atom stereocenters. The number of benzene rings is 1. The van der Waals surface area contributed by atoms with E-state index in [4.69, 9.17) is 5.11 Å². The molecule has 102 valence electrons. The second-order valence-electron chi connectivity index (χ2n) is 4.20. The molecular weight excluding hydrogens is 260 g/mol. The van der Waals surface area contributed by atoms with Crippen LogP contribution in [0.1, 0.15) is 26.3 Å². The van der Waals surface area contributed by atoms with Crippen LogP contribution in [0.2, 0.25) is 0 Å². The van der Waals surface area contributed by atoms with E-state index in [1.807, 2.05) is 0 Å². The number of hydrogen-bond donors (Lipinski definition) is 3. The van der Waals surface area contributed by atoms with Crippen LogP contribution >= 0.6 is 0 Å². The SMILES string of the molecule is Cc1cc(NC(=O)c2ccc[nH]c2=O)ccc1C(=O)O. The highest BCUT2D eigenvalue weighted by Gasteiger charge is 2.12. The molecule has 1 aromatic heterocycles. The molecule has 0 unspecified atom stereocenters. The highest BCUT2D eigenvalue weighted by molar-refractivity contribution is 6.04. The number of aryl methyl sites for hydroxylation is 1. The van der Waals surface area contributed by atoms with E-state index in [-0.39, 0.29) is 11.1 Å². The minimum atomic E-state index is -1.03. The second-order valence-corrected chi connectivity index (χ2v) is 4.20. The van der Waals surface area contributed by atoms with Crippen molar-refractivity contribution in [3.63, 3.8) is 0 Å². The Balaban J connectivity index is 2.25. The highest BCUT2D eigenvalue weighted by atomic mass is 16.4. The minimum Gasteiger partial charge on any atom is -0.478 e. The van der Waals surface area contributed by atoms with Gasteiger partial charge in [-0.25, -0.2) is 4.79 Å². The molecule has 0 saturated carbocycles. The number of anilines is 1. The fourth-order valence-corrected chi connectivity index (χ4v) is 1.78. The molecule has 2 rings (SSSR count). The average Bonchev–Trinajstić information content (AvgIpc) is 2.38. The third kappa shape index (κ3) is 2.74. The summed E-state index contributed by atoms with van der Waals surface area (Å²) in [4.78, 5) is 36.7. The van der Waals surface area contributed by atoms with Crippen LogP contribution in [0.3, 0.4) is 0 Å². The standard InChI is InChI=1S/C14H12N2O4/c1-8-7-9(4-5-10(8)14(19)20)16-13(18)11-3-2-6-15-12(11)17/h2-7H,1H3,(H,15,17)(H,16,18)(H,19,20). The zero-order valence-electron chi connectivity index (χ0n) is 10.6. The third-order valence-electron chi connectivity index (χ3n) is 2.78. The normalized spacial score (nSPS) is 10.1. The van der Waals surface area contributed by atoms with Crippen LogP contribution in [-0.2, 0) is 0 Å². The summed E-state index contributed by atoms with van der Waals surface area (Å²) >= 11 is 0. The molecule has 0 spiro atoms. The van der Waals surface area contributed by atoms with Gasteiger partial charge in [0.15, 0.2) is 0 Å². The van der Waals surface area contributed by atoms with Crippen molar-refractivity contribution in [2.24, 2.45) is 0 Å². The van der Waals surface area contributed by atoms with Gasteiger partial charge in [-0.15, -0.1) is 0 Å². The van der Waals surface area contributed by atoms with Crippen LogP contribution < -0.4 is 10.9 Å². The van der Waals surface area contributed by atoms with Crippen molar-refractivity contribution in [2.45, 2.75) is 6.92 Å². The lowest BCUT2D eigenvalue weighted by Gasteiger charge is -2.07. The molecule has 0 aliphatic heterocycles. The summed E-state index contributed by atoms with van der Waals surface area (Å²) in [5.74, 6) is -1.57. The number of nitrogens with one attached hydrogen (secondary N) is 2. The smallest absolute Gasteiger partial charge is 0.335 e. The quantitative estimate of drug-likeness (QED) is 0.790. The molecule has 0 bridgehead atoms. The van der Waals surface area contributed by atoms with Crippen LogP contribution in [-0.4, -0.2) is 22.0 Å². The lowest BCUT2D eigenvalue weighted by molar-refractivity contribution is 0.0696. The molecule has 1 amide bonds. The summed E-state index contributed by atoms with van der Waals surface area (Å²) in [6.07, 6.45) is 1.44. The number of amides is 1. The largest absolute Gasteiger partial charge is 0.478 e. The van der Waals surface area contributed by atoms with E-state index in [0.717, 1.165) is 0 Å². The van der Waals surface area contributed by atoms with Crippen molar-refractivity contribution < 1.29 is 14.7 Å². The number of carbonyl (C=O) groups excluding carboxylic acids is 1. The van der Waals surface area contributed by atoms with Crippen molar-refractivity contribution in [1.29, 1.82) is 0 Å². The van der Waals surface area contributed by atoms with E-state index >= 15 is 0 Å². The van der Waals surface area contributed by atoms with E-state index in [0.29, 0.717) is 11.3 Å². The zero-order valence-corrected chi connectivity index (χ0v) is 10.6. The molecule has 2 aromatic rings. The molecule has 3 N–H and O–H groups in total. The molecule has 20 heavy (non-hydrogen) atoms. The van der Waals surface area contributed by atoms with Crippen molar-refractivity contribution in [2.75, 3.05) is 5.32 Å².